The molecule has 1 aromatic heterocycles. The minimum atomic E-state index is -0.149. The Bertz CT molecular complexity index is 733. The molecule has 6 heteroatoms. The molecule has 0 unspecified atom stereocenters. The summed E-state index contributed by atoms with van der Waals surface area (Å²) in [5.41, 5.74) is 9.36. The van der Waals surface area contributed by atoms with Crippen LogP contribution in [0.15, 0.2) is 71.0 Å². The number of carbonyl (C=O) groups is 1. The number of aromatic nitrogens is 1. The first kappa shape index (κ1) is 21.4. The molecule has 0 spiro atoms. The van der Waals surface area contributed by atoms with Crippen molar-refractivity contribution in [3.05, 3.63) is 77.3 Å². The van der Waals surface area contributed by atoms with Crippen molar-refractivity contribution in [1.29, 1.82) is 0 Å². The highest BCUT2D eigenvalue weighted by atomic mass is 35.5. The summed E-state index contributed by atoms with van der Waals surface area (Å²) in [6, 6.07) is 3.50. The van der Waals surface area contributed by atoms with E-state index in [1.807, 2.05) is 38.2 Å². The summed E-state index contributed by atoms with van der Waals surface area (Å²) in [6.45, 7) is 4.08. The Morgan fingerprint density at radius 2 is 2.23 bits per heavy atom. The molecule has 0 aliphatic rings. The summed E-state index contributed by atoms with van der Waals surface area (Å²) in [6.07, 6.45) is 14.2. The van der Waals surface area contributed by atoms with Crippen LogP contribution >= 0.6 is 11.6 Å². The van der Waals surface area contributed by atoms with Gasteiger partial charge in [-0.1, -0.05) is 35.9 Å². The van der Waals surface area contributed by atoms with Crippen molar-refractivity contribution in [2.45, 2.75) is 26.7 Å². The van der Waals surface area contributed by atoms with Crippen LogP contribution in [0.3, 0.4) is 0 Å². The van der Waals surface area contributed by atoms with E-state index in [1.54, 1.807) is 30.5 Å². The van der Waals surface area contributed by atoms with Gasteiger partial charge in [0.2, 0.25) is 0 Å². The standard InChI is InChI=1S/C20H25ClN4O/c1-3-8-19(22)25-16(2)10-13-24-20(26)17-11-14-23-18(15-17)9-6-4-5-7-12-21/h3-5,7-8,10-12,14-15H,6,9,13H2,1-2H3,(H2,22,25)(H,24,26)/b5-4+,8-3+,12-7+,16-10+. The number of rotatable bonds is 9. The highest BCUT2D eigenvalue weighted by molar-refractivity contribution is 6.25. The lowest BCUT2D eigenvalue weighted by Crippen LogP contribution is -2.23. The second-order valence-electron chi connectivity index (χ2n) is 5.41. The normalized spacial score (nSPS) is 13.2. The first-order chi connectivity index (χ1) is 12.6. The van der Waals surface area contributed by atoms with Crippen LogP contribution in [-0.4, -0.2) is 23.3 Å². The van der Waals surface area contributed by atoms with E-state index in [0.717, 1.165) is 24.2 Å². The Morgan fingerprint density at radius 3 is 2.96 bits per heavy atom. The molecular weight excluding hydrogens is 348 g/mol. The van der Waals surface area contributed by atoms with Crippen LogP contribution < -0.4 is 11.1 Å². The number of amides is 1. The maximum Gasteiger partial charge on any atom is 0.251 e. The zero-order valence-corrected chi connectivity index (χ0v) is 15.9. The summed E-state index contributed by atoms with van der Waals surface area (Å²) in [7, 11) is 0. The third kappa shape index (κ3) is 8.99. The van der Waals surface area contributed by atoms with Gasteiger partial charge in [-0.3, -0.25) is 9.78 Å². The Balaban J connectivity index is 2.57. The van der Waals surface area contributed by atoms with Gasteiger partial charge < -0.3 is 11.1 Å². The lowest BCUT2D eigenvalue weighted by atomic mass is 10.1. The Hall–Kier alpha value is -2.66. The topological polar surface area (TPSA) is 80.4 Å². The van der Waals surface area contributed by atoms with E-state index in [0.29, 0.717) is 17.9 Å². The van der Waals surface area contributed by atoms with Crippen LogP contribution in [0.25, 0.3) is 0 Å². The molecule has 1 heterocycles. The molecule has 138 valence electrons. The van der Waals surface area contributed by atoms with Crippen molar-refractivity contribution in [2.75, 3.05) is 6.54 Å². The molecule has 0 bridgehead atoms. The first-order valence-corrected chi connectivity index (χ1v) is 8.79. The molecule has 0 aromatic carbocycles. The molecule has 26 heavy (non-hydrogen) atoms. The van der Waals surface area contributed by atoms with Crippen molar-refractivity contribution in [2.24, 2.45) is 10.7 Å². The second kappa shape index (κ2) is 12.7. The largest absolute Gasteiger partial charge is 0.384 e. The maximum absolute atomic E-state index is 12.2. The van der Waals surface area contributed by atoms with E-state index < -0.39 is 0 Å². The zero-order chi connectivity index (χ0) is 19.2. The highest BCUT2D eigenvalue weighted by Gasteiger charge is 2.05. The van der Waals surface area contributed by atoms with Crippen LogP contribution in [0, 0.1) is 0 Å². The van der Waals surface area contributed by atoms with E-state index >= 15 is 0 Å². The number of pyridine rings is 1. The fourth-order valence-corrected chi connectivity index (χ4v) is 2.14. The van der Waals surface area contributed by atoms with Gasteiger partial charge in [0, 0.05) is 35.2 Å². The monoisotopic (exact) mass is 372 g/mol. The Morgan fingerprint density at radius 1 is 1.42 bits per heavy atom. The first-order valence-electron chi connectivity index (χ1n) is 8.35. The second-order valence-corrected chi connectivity index (χ2v) is 5.67. The predicted molar refractivity (Wildman–Crippen MR) is 109 cm³/mol. The van der Waals surface area contributed by atoms with E-state index in [4.69, 9.17) is 17.3 Å². The van der Waals surface area contributed by atoms with Crippen molar-refractivity contribution in [1.82, 2.24) is 10.3 Å². The average Bonchev–Trinajstić information content (AvgIpc) is 2.62. The van der Waals surface area contributed by atoms with Crippen molar-refractivity contribution in [3.63, 3.8) is 0 Å². The molecular formula is C20H25ClN4O. The van der Waals surface area contributed by atoms with Gasteiger partial charge in [0.05, 0.1) is 0 Å². The molecule has 0 fully saturated rings. The van der Waals surface area contributed by atoms with Crippen LogP contribution in [0.2, 0.25) is 0 Å². The maximum atomic E-state index is 12.2. The fraction of sp³-hybridized carbons (Fsp3) is 0.250. The van der Waals surface area contributed by atoms with E-state index in [9.17, 15) is 4.79 Å². The van der Waals surface area contributed by atoms with Crippen LogP contribution in [0.5, 0.6) is 0 Å². The number of amidine groups is 1. The molecule has 0 saturated carbocycles. The Labute approximate surface area is 160 Å². The summed E-state index contributed by atoms with van der Waals surface area (Å²) in [5.74, 6) is 0.283. The molecule has 0 aliphatic carbocycles. The lowest BCUT2D eigenvalue weighted by Gasteiger charge is -2.05. The minimum Gasteiger partial charge on any atom is -0.384 e. The number of nitrogens with two attached hydrogens (primary N) is 1. The van der Waals surface area contributed by atoms with E-state index in [2.05, 4.69) is 15.3 Å². The van der Waals surface area contributed by atoms with Gasteiger partial charge in [0.25, 0.3) is 5.91 Å². The SMILES string of the molecule is C/C=C/C(N)=N\C(C)=C\CNC(=O)c1ccnc(CC/C=C/C=C/Cl)c1. The van der Waals surface area contributed by atoms with Gasteiger partial charge in [-0.05, 0) is 51.0 Å². The molecule has 1 amide bonds. The smallest absolute Gasteiger partial charge is 0.251 e. The summed E-state index contributed by atoms with van der Waals surface area (Å²) in [4.78, 5) is 20.7. The summed E-state index contributed by atoms with van der Waals surface area (Å²) < 4.78 is 0. The van der Waals surface area contributed by atoms with Crippen molar-refractivity contribution in [3.8, 4) is 0 Å². The third-order valence-electron chi connectivity index (χ3n) is 3.27. The van der Waals surface area contributed by atoms with Crippen molar-refractivity contribution < 1.29 is 4.79 Å². The fourth-order valence-electron chi connectivity index (χ4n) is 2.05. The predicted octanol–water partition coefficient (Wildman–Crippen LogP) is 3.89. The van der Waals surface area contributed by atoms with E-state index in [1.165, 1.54) is 5.54 Å². The van der Waals surface area contributed by atoms with Gasteiger partial charge in [-0.25, -0.2) is 4.99 Å². The molecule has 0 atom stereocenters. The minimum absolute atomic E-state index is 0.149. The van der Waals surface area contributed by atoms with Crippen molar-refractivity contribution >= 4 is 23.3 Å². The molecule has 0 aliphatic heterocycles. The summed E-state index contributed by atoms with van der Waals surface area (Å²) in [5, 5.41) is 2.84. The molecule has 0 saturated heterocycles. The lowest BCUT2D eigenvalue weighted by molar-refractivity contribution is 0.0957. The number of nitrogens with zero attached hydrogens (tertiary/aromatic N) is 2. The number of hydrogen-bond donors (Lipinski definition) is 2. The number of nitrogens with one attached hydrogen (secondary N) is 1. The molecule has 3 N–H and O–H groups in total. The third-order valence-corrected chi connectivity index (χ3v) is 3.41. The van der Waals surface area contributed by atoms with Gasteiger partial charge in [-0.15, -0.1) is 0 Å². The number of halogens is 1. The van der Waals surface area contributed by atoms with Crippen LogP contribution in [0.1, 0.15) is 36.3 Å². The Kier molecular flexibility index (Phi) is 10.4. The number of carbonyl (C=O) groups excluding carboxylic acids is 1. The zero-order valence-electron chi connectivity index (χ0n) is 15.2. The number of aryl methyl sites for hydroxylation is 1. The van der Waals surface area contributed by atoms with Crippen LogP contribution in [0.4, 0.5) is 0 Å². The van der Waals surface area contributed by atoms with Gasteiger partial charge in [-0.2, -0.15) is 0 Å². The van der Waals surface area contributed by atoms with Gasteiger partial charge in [0.1, 0.15) is 5.84 Å². The molecule has 1 aromatic rings. The number of hydrogen-bond acceptors (Lipinski definition) is 3. The summed E-state index contributed by atoms with van der Waals surface area (Å²) >= 11 is 5.44. The number of aliphatic imine (C=N–C) groups is 1. The quantitative estimate of drug-likeness (QED) is 0.392. The molecule has 1 rings (SSSR count). The highest BCUT2D eigenvalue weighted by Crippen LogP contribution is 2.05. The average molecular weight is 373 g/mol. The van der Waals surface area contributed by atoms with E-state index in [-0.39, 0.29) is 5.91 Å². The molecule has 0 radical (unpaired) electrons. The van der Waals surface area contributed by atoms with Crippen LogP contribution in [-0.2, 0) is 6.42 Å². The van der Waals surface area contributed by atoms with Gasteiger partial charge in [0.15, 0.2) is 0 Å². The van der Waals surface area contributed by atoms with Gasteiger partial charge >= 0.3 is 0 Å². The molecule has 5 nitrogen and oxygen atoms in total. The number of allylic oxidation sites excluding steroid dienone is 5.